The molecule has 7 heteroatoms. The number of methoxy groups -OCH3 is 1. The maximum Gasteiger partial charge on any atom is 0.265 e. The van der Waals surface area contributed by atoms with Crippen LogP contribution >= 0.6 is 23.2 Å². The lowest BCUT2D eigenvalue weighted by atomic mass is 10.1. The number of aryl methyl sites for hydroxylation is 2. The van der Waals surface area contributed by atoms with Gasteiger partial charge in [0, 0.05) is 0 Å². The molecule has 2 aromatic carbocycles. The van der Waals surface area contributed by atoms with Crippen molar-refractivity contribution in [3.8, 4) is 5.75 Å². The van der Waals surface area contributed by atoms with Crippen molar-refractivity contribution in [1.82, 2.24) is 0 Å². The van der Waals surface area contributed by atoms with Crippen LogP contribution in [0.1, 0.15) is 11.1 Å². The van der Waals surface area contributed by atoms with E-state index in [2.05, 4.69) is 4.72 Å². The molecule has 0 aromatic heterocycles. The number of nitrogens with one attached hydrogen (secondary N) is 1. The first kappa shape index (κ1) is 16.9. The van der Waals surface area contributed by atoms with Crippen molar-refractivity contribution in [2.75, 3.05) is 11.8 Å². The second-order valence-corrected chi connectivity index (χ2v) is 7.25. The highest BCUT2D eigenvalue weighted by molar-refractivity contribution is 7.92. The fourth-order valence-electron chi connectivity index (χ4n) is 1.96. The second kappa shape index (κ2) is 6.36. The van der Waals surface area contributed by atoms with Gasteiger partial charge >= 0.3 is 0 Å². The molecular weight excluding hydrogens is 345 g/mol. The number of rotatable bonds is 4. The Hall–Kier alpha value is -1.43. The number of ether oxygens (including phenoxy) is 1. The zero-order chi connectivity index (χ0) is 16.5. The summed E-state index contributed by atoms with van der Waals surface area (Å²) in [5, 5.41) is 0.289. The summed E-state index contributed by atoms with van der Waals surface area (Å²) >= 11 is 11.9. The van der Waals surface area contributed by atoms with Crippen LogP contribution in [0.5, 0.6) is 5.75 Å². The molecule has 22 heavy (non-hydrogen) atoms. The Morgan fingerprint density at radius 1 is 1.09 bits per heavy atom. The molecule has 0 fully saturated rings. The minimum atomic E-state index is -3.85. The van der Waals surface area contributed by atoms with Crippen molar-refractivity contribution in [3.05, 3.63) is 51.5 Å². The van der Waals surface area contributed by atoms with Crippen LogP contribution in [0.4, 0.5) is 5.69 Å². The van der Waals surface area contributed by atoms with E-state index in [1.807, 2.05) is 26.0 Å². The summed E-state index contributed by atoms with van der Waals surface area (Å²) in [6, 6.07) is 8.30. The van der Waals surface area contributed by atoms with Crippen LogP contribution in [0.15, 0.2) is 35.2 Å². The molecule has 0 aliphatic carbocycles. The molecule has 2 rings (SSSR count). The molecule has 0 saturated carbocycles. The largest absolute Gasteiger partial charge is 0.494 e. The zero-order valence-electron chi connectivity index (χ0n) is 12.3. The Balaban J connectivity index is 2.52. The normalized spacial score (nSPS) is 11.3. The molecule has 2 aromatic rings. The van der Waals surface area contributed by atoms with E-state index in [1.54, 1.807) is 6.07 Å². The number of hydrogen-bond acceptors (Lipinski definition) is 3. The number of sulfonamides is 1. The lowest BCUT2D eigenvalue weighted by Gasteiger charge is -2.15. The minimum absolute atomic E-state index is 0.0203. The van der Waals surface area contributed by atoms with Gasteiger partial charge in [-0.3, -0.25) is 4.72 Å². The lowest BCUT2D eigenvalue weighted by molar-refractivity contribution is 0.403. The van der Waals surface area contributed by atoms with Crippen LogP contribution < -0.4 is 9.46 Å². The Bertz CT molecular complexity index is 820. The summed E-state index contributed by atoms with van der Waals surface area (Å²) < 4.78 is 32.9. The Morgan fingerprint density at radius 3 is 2.41 bits per heavy atom. The number of halogens is 2. The molecule has 0 amide bonds. The van der Waals surface area contributed by atoms with Crippen LogP contribution in [0.25, 0.3) is 0 Å². The summed E-state index contributed by atoms with van der Waals surface area (Å²) in [6.45, 7) is 3.71. The van der Waals surface area contributed by atoms with Crippen LogP contribution in [-0.4, -0.2) is 15.5 Å². The van der Waals surface area contributed by atoms with E-state index < -0.39 is 10.0 Å². The SMILES string of the molecule is COc1c(S(=O)(=O)Nc2cc(C)ccc2C)ccc(Cl)c1Cl. The maximum atomic E-state index is 12.6. The van der Waals surface area contributed by atoms with Gasteiger partial charge in [0.15, 0.2) is 5.75 Å². The summed E-state index contributed by atoms with van der Waals surface area (Å²) in [7, 11) is -2.51. The van der Waals surface area contributed by atoms with Gasteiger partial charge in [0.1, 0.15) is 9.92 Å². The Labute approximate surface area is 140 Å². The third-order valence-corrected chi connectivity index (χ3v) is 5.32. The molecule has 0 saturated heterocycles. The van der Waals surface area contributed by atoms with E-state index in [4.69, 9.17) is 27.9 Å². The van der Waals surface area contributed by atoms with E-state index in [1.165, 1.54) is 19.2 Å². The first-order chi connectivity index (χ1) is 10.3. The van der Waals surface area contributed by atoms with Gasteiger partial charge in [-0.1, -0.05) is 35.3 Å². The summed E-state index contributed by atoms with van der Waals surface area (Å²) in [6.07, 6.45) is 0. The molecule has 0 aliphatic rings. The predicted octanol–water partition coefficient (Wildman–Crippen LogP) is 4.42. The van der Waals surface area contributed by atoms with Crippen molar-refractivity contribution in [2.24, 2.45) is 0 Å². The fraction of sp³-hybridized carbons (Fsp3) is 0.200. The van der Waals surface area contributed by atoms with Crippen molar-refractivity contribution in [1.29, 1.82) is 0 Å². The topological polar surface area (TPSA) is 55.4 Å². The summed E-state index contributed by atoms with van der Waals surface area (Å²) in [5.41, 5.74) is 2.27. The Kier molecular flexibility index (Phi) is 4.90. The third kappa shape index (κ3) is 3.32. The molecule has 0 aliphatic heterocycles. The predicted molar refractivity (Wildman–Crippen MR) is 89.7 cm³/mol. The molecular formula is C15H15Cl2NO3S. The van der Waals surface area contributed by atoms with Crippen molar-refractivity contribution >= 4 is 38.9 Å². The van der Waals surface area contributed by atoms with Gasteiger partial charge in [0.05, 0.1) is 17.8 Å². The van der Waals surface area contributed by atoms with Gasteiger partial charge in [-0.2, -0.15) is 0 Å². The fourth-order valence-corrected chi connectivity index (χ4v) is 3.70. The van der Waals surface area contributed by atoms with Crippen molar-refractivity contribution in [2.45, 2.75) is 18.7 Å². The average Bonchev–Trinajstić information content (AvgIpc) is 2.45. The molecule has 0 radical (unpaired) electrons. The summed E-state index contributed by atoms with van der Waals surface area (Å²) in [5.74, 6) is 0.0203. The van der Waals surface area contributed by atoms with Crippen molar-refractivity contribution in [3.63, 3.8) is 0 Å². The van der Waals surface area contributed by atoms with E-state index >= 15 is 0 Å². The van der Waals surface area contributed by atoms with Crippen LogP contribution in [0.2, 0.25) is 10.0 Å². The molecule has 118 valence electrons. The van der Waals surface area contributed by atoms with Gasteiger partial charge < -0.3 is 4.74 Å². The first-order valence-corrected chi connectivity index (χ1v) is 8.62. The minimum Gasteiger partial charge on any atom is -0.494 e. The monoisotopic (exact) mass is 359 g/mol. The van der Waals surface area contributed by atoms with Gasteiger partial charge in [-0.05, 0) is 43.2 Å². The van der Waals surface area contributed by atoms with E-state index in [0.29, 0.717) is 5.69 Å². The molecule has 4 nitrogen and oxygen atoms in total. The quantitative estimate of drug-likeness (QED) is 0.878. The van der Waals surface area contributed by atoms with E-state index in [9.17, 15) is 8.42 Å². The lowest BCUT2D eigenvalue weighted by Crippen LogP contribution is -2.15. The molecule has 0 unspecified atom stereocenters. The van der Waals surface area contributed by atoms with Gasteiger partial charge in [-0.25, -0.2) is 8.42 Å². The van der Waals surface area contributed by atoms with Gasteiger partial charge in [0.2, 0.25) is 0 Å². The van der Waals surface area contributed by atoms with Crippen LogP contribution in [-0.2, 0) is 10.0 Å². The molecule has 0 heterocycles. The second-order valence-electron chi connectivity index (χ2n) is 4.82. The zero-order valence-corrected chi connectivity index (χ0v) is 14.6. The maximum absolute atomic E-state index is 12.6. The van der Waals surface area contributed by atoms with Crippen LogP contribution in [0, 0.1) is 13.8 Å². The number of hydrogen-bond donors (Lipinski definition) is 1. The summed E-state index contributed by atoms with van der Waals surface area (Å²) in [4.78, 5) is -0.0645. The highest BCUT2D eigenvalue weighted by Gasteiger charge is 2.23. The standard InChI is InChI=1S/C15H15Cl2NO3S/c1-9-4-5-10(2)12(8-9)18-22(19,20)13-7-6-11(16)14(17)15(13)21-3/h4-8,18H,1-3H3. The molecule has 0 bridgehead atoms. The smallest absolute Gasteiger partial charge is 0.265 e. The van der Waals surface area contributed by atoms with E-state index in [0.717, 1.165) is 11.1 Å². The van der Waals surface area contributed by atoms with E-state index in [-0.39, 0.29) is 20.7 Å². The molecule has 1 N–H and O–H groups in total. The third-order valence-electron chi connectivity index (χ3n) is 3.14. The molecule has 0 spiro atoms. The van der Waals surface area contributed by atoms with Gasteiger partial charge in [0.25, 0.3) is 10.0 Å². The van der Waals surface area contributed by atoms with Crippen LogP contribution in [0.3, 0.4) is 0 Å². The highest BCUT2D eigenvalue weighted by Crippen LogP contribution is 2.38. The molecule has 0 atom stereocenters. The number of benzene rings is 2. The first-order valence-electron chi connectivity index (χ1n) is 6.38. The highest BCUT2D eigenvalue weighted by atomic mass is 35.5. The van der Waals surface area contributed by atoms with Crippen molar-refractivity contribution < 1.29 is 13.2 Å². The number of anilines is 1. The van der Waals surface area contributed by atoms with Gasteiger partial charge in [-0.15, -0.1) is 0 Å². The Morgan fingerprint density at radius 2 is 1.77 bits per heavy atom. The average molecular weight is 360 g/mol.